The highest BCUT2D eigenvalue weighted by Crippen LogP contribution is 2.30. The van der Waals surface area contributed by atoms with Crippen LogP contribution in [0.4, 0.5) is 5.69 Å². The third-order valence-corrected chi connectivity index (χ3v) is 4.24. The van der Waals surface area contributed by atoms with E-state index in [2.05, 4.69) is 42.4 Å². The summed E-state index contributed by atoms with van der Waals surface area (Å²) in [6, 6.07) is 11.9. The molecule has 0 aliphatic rings. The second-order valence-electron chi connectivity index (χ2n) is 3.02. The van der Waals surface area contributed by atoms with E-state index < -0.39 is 0 Å². The van der Waals surface area contributed by atoms with Crippen LogP contribution in [-0.2, 0) is 0 Å². The quantitative estimate of drug-likeness (QED) is 0.622. The van der Waals surface area contributed by atoms with E-state index in [1.54, 1.807) is 17.6 Å². The molecule has 0 fully saturated rings. The number of para-hydroxylation sites is 1. The maximum Gasteiger partial charge on any atom is 0.0798 e. The van der Waals surface area contributed by atoms with Crippen molar-refractivity contribution in [2.24, 2.45) is 5.10 Å². The minimum absolute atomic E-state index is 0.976. The Morgan fingerprint density at radius 1 is 1.19 bits per heavy atom. The second kappa shape index (κ2) is 5.61. The van der Waals surface area contributed by atoms with Crippen LogP contribution in [0.2, 0.25) is 0 Å². The molecule has 0 saturated heterocycles. The third kappa shape index (κ3) is 3.17. The van der Waals surface area contributed by atoms with E-state index in [1.165, 1.54) is 0 Å². The molecular weight excluding hydrogens is 352 g/mol. The summed E-state index contributed by atoms with van der Waals surface area (Å²) in [5, 5.41) is 4.17. The molecule has 0 unspecified atom stereocenters. The van der Waals surface area contributed by atoms with E-state index in [-0.39, 0.29) is 0 Å². The average molecular weight is 360 g/mol. The van der Waals surface area contributed by atoms with E-state index in [0.717, 1.165) is 18.8 Å². The van der Waals surface area contributed by atoms with E-state index in [0.29, 0.717) is 0 Å². The molecule has 1 heterocycles. The highest BCUT2D eigenvalue weighted by Gasteiger charge is 2.01. The van der Waals surface area contributed by atoms with Gasteiger partial charge in [-0.05, 0) is 50.1 Å². The summed E-state index contributed by atoms with van der Waals surface area (Å²) in [6.45, 7) is 0. The Bertz CT molecular complexity index is 494. The first-order valence-electron chi connectivity index (χ1n) is 4.54. The molecule has 1 N–H and O–H groups in total. The Morgan fingerprint density at radius 2 is 1.94 bits per heavy atom. The number of hydrazone groups is 1. The predicted octanol–water partition coefficient (Wildman–Crippen LogP) is 4.72. The zero-order valence-corrected chi connectivity index (χ0v) is 12.1. The first-order chi connectivity index (χ1) is 7.75. The number of hydrogen-bond donors (Lipinski definition) is 1. The second-order valence-corrected chi connectivity index (χ2v) is 6.76. The van der Waals surface area contributed by atoms with Crippen molar-refractivity contribution in [1.82, 2.24) is 0 Å². The molecule has 0 radical (unpaired) electrons. The Morgan fingerprint density at radius 3 is 2.56 bits per heavy atom. The minimum atomic E-state index is 0.976. The number of anilines is 1. The van der Waals surface area contributed by atoms with E-state index in [9.17, 15) is 0 Å². The minimum Gasteiger partial charge on any atom is -0.279 e. The van der Waals surface area contributed by atoms with Gasteiger partial charge in [0.25, 0.3) is 0 Å². The lowest BCUT2D eigenvalue weighted by Crippen LogP contribution is -1.89. The largest absolute Gasteiger partial charge is 0.279 e. The van der Waals surface area contributed by atoms with Crippen LogP contribution in [0.25, 0.3) is 0 Å². The molecule has 0 atom stereocenters. The van der Waals surface area contributed by atoms with E-state index >= 15 is 0 Å². The molecular formula is C11H8Br2N2S. The van der Waals surface area contributed by atoms with Crippen molar-refractivity contribution >= 4 is 55.1 Å². The zero-order chi connectivity index (χ0) is 11.4. The first kappa shape index (κ1) is 11.8. The number of benzene rings is 1. The average Bonchev–Trinajstić information content (AvgIpc) is 2.59. The zero-order valence-electron chi connectivity index (χ0n) is 8.15. The first-order valence-corrected chi connectivity index (χ1v) is 6.95. The molecule has 1 aromatic carbocycles. The van der Waals surface area contributed by atoms with Gasteiger partial charge in [-0.1, -0.05) is 18.2 Å². The highest BCUT2D eigenvalue weighted by atomic mass is 79.9. The van der Waals surface area contributed by atoms with Gasteiger partial charge in [0, 0.05) is 5.56 Å². The SMILES string of the molecule is Brc1cc(/C=N/Nc2ccccc2)c(Br)s1. The highest BCUT2D eigenvalue weighted by molar-refractivity contribution is 9.12. The molecule has 2 rings (SSSR count). The summed E-state index contributed by atoms with van der Waals surface area (Å²) in [4.78, 5) is 0. The Kier molecular flexibility index (Phi) is 4.15. The summed E-state index contributed by atoms with van der Waals surface area (Å²) in [5.74, 6) is 0. The van der Waals surface area contributed by atoms with Gasteiger partial charge in [-0.3, -0.25) is 5.43 Å². The van der Waals surface area contributed by atoms with E-state index in [1.807, 2.05) is 36.4 Å². The number of rotatable bonds is 3. The lowest BCUT2D eigenvalue weighted by atomic mass is 10.3. The molecule has 0 aliphatic heterocycles. The van der Waals surface area contributed by atoms with Gasteiger partial charge in [0.1, 0.15) is 0 Å². The molecule has 5 heteroatoms. The Hall–Kier alpha value is -0.650. The summed E-state index contributed by atoms with van der Waals surface area (Å²) in [5.41, 5.74) is 5.00. The van der Waals surface area contributed by atoms with Crippen LogP contribution in [-0.4, -0.2) is 6.21 Å². The van der Waals surface area contributed by atoms with E-state index in [4.69, 9.17) is 0 Å². The maximum atomic E-state index is 4.17. The standard InChI is InChI=1S/C11H8Br2N2S/c12-10-6-8(11(13)16-10)7-14-15-9-4-2-1-3-5-9/h1-7,15H/b14-7+. The van der Waals surface area contributed by atoms with Gasteiger partial charge < -0.3 is 0 Å². The fourth-order valence-corrected chi connectivity index (χ4v) is 3.84. The molecule has 0 spiro atoms. The monoisotopic (exact) mass is 358 g/mol. The van der Waals surface area contributed by atoms with Crippen molar-refractivity contribution in [2.45, 2.75) is 0 Å². The van der Waals surface area contributed by atoms with Gasteiger partial charge in [-0.15, -0.1) is 11.3 Å². The summed E-state index contributed by atoms with van der Waals surface area (Å²) in [6.07, 6.45) is 1.79. The third-order valence-electron chi connectivity index (χ3n) is 1.85. The number of nitrogens with one attached hydrogen (secondary N) is 1. The maximum absolute atomic E-state index is 4.17. The van der Waals surface area contributed by atoms with Gasteiger partial charge in [0.2, 0.25) is 0 Å². The fourth-order valence-electron chi connectivity index (χ4n) is 1.13. The van der Waals surface area contributed by atoms with Crippen molar-refractivity contribution in [3.05, 3.63) is 49.5 Å². The Labute approximate surface area is 115 Å². The van der Waals surface area contributed by atoms with Crippen LogP contribution < -0.4 is 5.43 Å². The van der Waals surface area contributed by atoms with Crippen LogP contribution in [0.5, 0.6) is 0 Å². The molecule has 2 nitrogen and oxygen atoms in total. The van der Waals surface area contributed by atoms with Crippen molar-refractivity contribution < 1.29 is 0 Å². The fraction of sp³-hybridized carbons (Fsp3) is 0. The van der Waals surface area contributed by atoms with Gasteiger partial charge >= 0.3 is 0 Å². The van der Waals surface area contributed by atoms with Crippen LogP contribution in [0.15, 0.2) is 49.1 Å². The smallest absolute Gasteiger partial charge is 0.0798 e. The van der Waals surface area contributed by atoms with Crippen LogP contribution >= 0.6 is 43.2 Å². The molecule has 0 bridgehead atoms. The Balaban J connectivity index is 2.03. The van der Waals surface area contributed by atoms with Gasteiger partial charge in [-0.25, -0.2) is 0 Å². The van der Waals surface area contributed by atoms with Crippen molar-refractivity contribution in [3.8, 4) is 0 Å². The lowest BCUT2D eigenvalue weighted by molar-refractivity contribution is 1.35. The number of thiophene rings is 1. The molecule has 0 amide bonds. The molecule has 0 saturated carbocycles. The molecule has 2 aromatic rings. The normalized spacial score (nSPS) is 10.9. The van der Waals surface area contributed by atoms with Crippen molar-refractivity contribution in [3.63, 3.8) is 0 Å². The lowest BCUT2D eigenvalue weighted by Gasteiger charge is -1.97. The van der Waals surface area contributed by atoms with Crippen LogP contribution in [0.3, 0.4) is 0 Å². The van der Waals surface area contributed by atoms with Crippen molar-refractivity contribution in [1.29, 1.82) is 0 Å². The van der Waals surface area contributed by atoms with Gasteiger partial charge in [0.15, 0.2) is 0 Å². The van der Waals surface area contributed by atoms with Gasteiger partial charge in [-0.2, -0.15) is 5.10 Å². The topological polar surface area (TPSA) is 24.4 Å². The summed E-state index contributed by atoms with van der Waals surface area (Å²) >= 11 is 8.53. The number of nitrogens with zero attached hydrogens (tertiary/aromatic N) is 1. The van der Waals surface area contributed by atoms with Gasteiger partial charge in [0.05, 0.1) is 19.5 Å². The number of halogens is 2. The molecule has 1 aromatic heterocycles. The van der Waals surface area contributed by atoms with Crippen LogP contribution in [0, 0.1) is 0 Å². The summed E-state index contributed by atoms with van der Waals surface area (Å²) < 4.78 is 2.15. The van der Waals surface area contributed by atoms with Crippen LogP contribution in [0.1, 0.15) is 5.56 Å². The molecule has 0 aliphatic carbocycles. The molecule has 82 valence electrons. The van der Waals surface area contributed by atoms with Crippen molar-refractivity contribution in [2.75, 3.05) is 5.43 Å². The molecule has 16 heavy (non-hydrogen) atoms. The summed E-state index contributed by atoms with van der Waals surface area (Å²) in [7, 11) is 0. The number of hydrogen-bond acceptors (Lipinski definition) is 3. The predicted molar refractivity (Wildman–Crippen MR) is 77.4 cm³/mol.